The molecule has 1 N–H and O–H groups in total. The van der Waals surface area contributed by atoms with Crippen molar-refractivity contribution in [2.75, 3.05) is 18.0 Å². The van der Waals surface area contributed by atoms with Crippen LogP contribution in [0.25, 0.3) is 0 Å². The average molecular weight is 321 g/mol. The van der Waals surface area contributed by atoms with E-state index in [4.69, 9.17) is 20.8 Å². The minimum absolute atomic E-state index is 0.211. The highest BCUT2D eigenvalue weighted by Gasteiger charge is 2.32. The molecule has 6 nitrogen and oxygen atoms in total. The number of ether oxygens (including phenoxy) is 1. The molecule has 1 saturated heterocycles. The predicted octanol–water partition coefficient (Wildman–Crippen LogP) is 2.69. The van der Waals surface area contributed by atoms with Crippen LogP contribution >= 0.6 is 11.6 Å². The molecule has 114 valence electrons. The second-order valence-electron chi connectivity index (χ2n) is 4.78. The van der Waals surface area contributed by atoms with Gasteiger partial charge >= 0.3 is 6.09 Å². The lowest BCUT2D eigenvalue weighted by molar-refractivity contribution is 0.0889. The van der Waals surface area contributed by atoms with Gasteiger partial charge in [-0.3, -0.25) is 9.69 Å². The first-order valence-electron chi connectivity index (χ1n) is 6.69. The Bertz CT molecular complexity index is 687. The molecule has 2 amide bonds. The van der Waals surface area contributed by atoms with Crippen LogP contribution in [0.1, 0.15) is 10.6 Å². The van der Waals surface area contributed by atoms with E-state index in [1.807, 2.05) is 0 Å². The van der Waals surface area contributed by atoms with E-state index in [1.165, 1.54) is 11.2 Å². The van der Waals surface area contributed by atoms with Crippen LogP contribution in [0.2, 0.25) is 5.02 Å². The molecule has 0 radical (unpaired) electrons. The Morgan fingerprint density at radius 3 is 2.95 bits per heavy atom. The largest absolute Gasteiger partial charge is 0.459 e. The highest BCUT2D eigenvalue weighted by Crippen LogP contribution is 2.24. The van der Waals surface area contributed by atoms with Gasteiger partial charge in [0.1, 0.15) is 6.10 Å². The van der Waals surface area contributed by atoms with Crippen molar-refractivity contribution in [1.82, 2.24) is 5.32 Å². The molecule has 7 heteroatoms. The number of cyclic esters (lactones) is 1. The van der Waals surface area contributed by atoms with Crippen LogP contribution in [0.4, 0.5) is 10.5 Å². The summed E-state index contributed by atoms with van der Waals surface area (Å²) in [6, 6.07) is 10.1. The summed E-state index contributed by atoms with van der Waals surface area (Å²) >= 11 is 5.92. The smallest absolute Gasteiger partial charge is 0.414 e. The molecule has 1 atom stereocenters. The molecule has 0 bridgehead atoms. The van der Waals surface area contributed by atoms with E-state index in [1.54, 1.807) is 36.4 Å². The predicted molar refractivity (Wildman–Crippen MR) is 80.1 cm³/mol. The van der Waals surface area contributed by atoms with E-state index < -0.39 is 12.2 Å². The van der Waals surface area contributed by atoms with Crippen LogP contribution in [-0.4, -0.2) is 31.2 Å². The van der Waals surface area contributed by atoms with E-state index in [9.17, 15) is 9.59 Å². The number of carbonyl (C=O) groups is 2. The number of rotatable bonds is 4. The Kier molecular flexibility index (Phi) is 4.02. The summed E-state index contributed by atoms with van der Waals surface area (Å²) in [6.07, 6.45) is 0.538. The van der Waals surface area contributed by atoms with Gasteiger partial charge in [0.15, 0.2) is 5.76 Å². The molecule has 0 spiro atoms. The Balaban J connectivity index is 1.59. The number of benzene rings is 1. The zero-order valence-electron chi connectivity index (χ0n) is 11.5. The van der Waals surface area contributed by atoms with Gasteiger partial charge in [-0.25, -0.2) is 4.79 Å². The second kappa shape index (κ2) is 6.11. The van der Waals surface area contributed by atoms with Crippen molar-refractivity contribution in [3.8, 4) is 0 Å². The number of halogens is 1. The number of amides is 2. The molecular weight excluding hydrogens is 308 g/mol. The van der Waals surface area contributed by atoms with Crippen molar-refractivity contribution in [2.45, 2.75) is 6.10 Å². The third-order valence-corrected chi connectivity index (χ3v) is 3.46. The molecule has 1 aromatic carbocycles. The van der Waals surface area contributed by atoms with Crippen molar-refractivity contribution in [2.24, 2.45) is 0 Å². The Morgan fingerprint density at radius 2 is 2.23 bits per heavy atom. The molecule has 1 fully saturated rings. The van der Waals surface area contributed by atoms with E-state index in [-0.39, 0.29) is 18.2 Å². The summed E-state index contributed by atoms with van der Waals surface area (Å²) < 4.78 is 10.2. The van der Waals surface area contributed by atoms with Gasteiger partial charge in [-0.05, 0) is 30.3 Å². The quantitative estimate of drug-likeness (QED) is 0.940. The lowest BCUT2D eigenvalue weighted by Gasteiger charge is -2.13. The third kappa shape index (κ3) is 3.07. The number of nitrogens with one attached hydrogen (secondary N) is 1. The van der Waals surface area contributed by atoms with Crippen LogP contribution in [-0.2, 0) is 4.74 Å². The SMILES string of the molecule is O=C(NCC1CN(c2cccc(Cl)c2)C(=O)O1)c1ccco1. The van der Waals surface area contributed by atoms with Gasteiger partial charge in [-0.1, -0.05) is 17.7 Å². The van der Waals surface area contributed by atoms with E-state index in [0.717, 1.165) is 0 Å². The third-order valence-electron chi connectivity index (χ3n) is 3.23. The van der Waals surface area contributed by atoms with Crippen molar-refractivity contribution in [1.29, 1.82) is 0 Å². The van der Waals surface area contributed by atoms with Gasteiger partial charge < -0.3 is 14.5 Å². The zero-order chi connectivity index (χ0) is 15.5. The van der Waals surface area contributed by atoms with Gasteiger partial charge in [0.2, 0.25) is 0 Å². The number of hydrogen-bond donors (Lipinski definition) is 1. The summed E-state index contributed by atoms with van der Waals surface area (Å²) in [5.41, 5.74) is 0.664. The summed E-state index contributed by atoms with van der Waals surface area (Å²) in [7, 11) is 0. The molecule has 22 heavy (non-hydrogen) atoms. The molecule has 3 rings (SSSR count). The summed E-state index contributed by atoms with van der Waals surface area (Å²) in [6.45, 7) is 0.556. The maximum atomic E-state index is 11.9. The topological polar surface area (TPSA) is 71.8 Å². The fraction of sp³-hybridized carbons (Fsp3) is 0.200. The molecule has 1 aromatic heterocycles. The fourth-order valence-electron chi connectivity index (χ4n) is 2.18. The number of nitrogens with zero attached hydrogens (tertiary/aromatic N) is 1. The van der Waals surface area contributed by atoms with Crippen LogP contribution < -0.4 is 10.2 Å². The monoisotopic (exact) mass is 320 g/mol. The maximum absolute atomic E-state index is 11.9. The van der Waals surface area contributed by atoms with E-state index in [0.29, 0.717) is 17.3 Å². The van der Waals surface area contributed by atoms with Crippen molar-refractivity contribution >= 4 is 29.3 Å². The lowest BCUT2D eigenvalue weighted by atomic mass is 10.2. The first kappa shape index (κ1) is 14.5. The minimum atomic E-state index is -0.459. The van der Waals surface area contributed by atoms with Gasteiger partial charge in [-0.2, -0.15) is 0 Å². The molecule has 2 aromatic rings. The number of furan rings is 1. The second-order valence-corrected chi connectivity index (χ2v) is 5.22. The van der Waals surface area contributed by atoms with Crippen molar-refractivity contribution in [3.63, 3.8) is 0 Å². The standard InChI is InChI=1S/C15H13ClN2O4/c16-10-3-1-4-11(7-10)18-9-12(22-15(18)20)8-17-14(19)13-5-2-6-21-13/h1-7,12H,8-9H2,(H,17,19). The fourth-order valence-corrected chi connectivity index (χ4v) is 2.37. The van der Waals surface area contributed by atoms with Crippen LogP contribution in [0.3, 0.4) is 0 Å². The first-order chi connectivity index (χ1) is 10.6. The van der Waals surface area contributed by atoms with Crippen LogP contribution in [0.5, 0.6) is 0 Å². The molecule has 0 saturated carbocycles. The summed E-state index contributed by atoms with van der Waals surface area (Å²) in [5.74, 6) is -0.127. The molecule has 1 unspecified atom stereocenters. The minimum Gasteiger partial charge on any atom is -0.459 e. The average Bonchev–Trinajstić information content (AvgIpc) is 3.14. The lowest BCUT2D eigenvalue weighted by Crippen LogP contribution is -2.34. The number of anilines is 1. The Morgan fingerprint density at radius 1 is 1.36 bits per heavy atom. The molecule has 1 aliphatic rings. The van der Waals surface area contributed by atoms with Crippen molar-refractivity contribution < 1.29 is 18.7 Å². The van der Waals surface area contributed by atoms with E-state index >= 15 is 0 Å². The highest BCUT2D eigenvalue weighted by atomic mass is 35.5. The number of hydrogen-bond acceptors (Lipinski definition) is 4. The Hall–Kier alpha value is -2.47. The molecule has 0 aliphatic carbocycles. The maximum Gasteiger partial charge on any atom is 0.414 e. The van der Waals surface area contributed by atoms with Gasteiger partial charge in [-0.15, -0.1) is 0 Å². The first-order valence-corrected chi connectivity index (χ1v) is 7.07. The number of carbonyl (C=O) groups excluding carboxylic acids is 2. The highest BCUT2D eigenvalue weighted by molar-refractivity contribution is 6.30. The van der Waals surface area contributed by atoms with E-state index in [2.05, 4.69) is 5.32 Å². The van der Waals surface area contributed by atoms with Gasteiger partial charge in [0, 0.05) is 10.7 Å². The van der Waals surface area contributed by atoms with Crippen LogP contribution in [0, 0.1) is 0 Å². The van der Waals surface area contributed by atoms with Gasteiger partial charge in [0.05, 0.1) is 19.4 Å². The zero-order valence-corrected chi connectivity index (χ0v) is 12.2. The van der Waals surface area contributed by atoms with Gasteiger partial charge in [0.25, 0.3) is 5.91 Å². The Labute approximate surface area is 131 Å². The van der Waals surface area contributed by atoms with Crippen molar-refractivity contribution in [3.05, 3.63) is 53.4 Å². The summed E-state index contributed by atoms with van der Waals surface area (Å²) in [4.78, 5) is 25.1. The normalized spacial score (nSPS) is 17.4. The molecule has 2 heterocycles. The molecular formula is C15H13ClN2O4. The summed E-state index contributed by atoms with van der Waals surface area (Å²) in [5, 5.41) is 3.21. The molecule has 1 aliphatic heterocycles. The van der Waals surface area contributed by atoms with Crippen LogP contribution in [0.15, 0.2) is 47.1 Å².